The molecule has 0 spiro atoms. The van der Waals surface area contributed by atoms with Crippen molar-refractivity contribution in [1.82, 2.24) is 15.1 Å². The van der Waals surface area contributed by atoms with Crippen molar-refractivity contribution in [3.05, 3.63) is 17.5 Å². The molecule has 1 unspecified atom stereocenters. The Morgan fingerprint density at radius 2 is 2.46 bits per heavy atom. The van der Waals surface area contributed by atoms with E-state index in [9.17, 15) is 0 Å². The van der Waals surface area contributed by atoms with Gasteiger partial charge in [-0.15, -0.1) is 0 Å². The second-order valence-electron chi connectivity index (χ2n) is 3.23. The van der Waals surface area contributed by atoms with E-state index in [2.05, 4.69) is 15.4 Å². The third-order valence-corrected chi connectivity index (χ3v) is 2.41. The van der Waals surface area contributed by atoms with Gasteiger partial charge in [-0.1, -0.05) is 0 Å². The van der Waals surface area contributed by atoms with Crippen molar-refractivity contribution in [3.8, 4) is 0 Å². The molecule has 2 rings (SSSR count). The number of rotatable bonds is 1. The van der Waals surface area contributed by atoms with Crippen molar-refractivity contribution in [3.63, 3.8) is 0 Å². The molecule has 0 fully saturated rings. The lowest BCUT2D eigenvalue weighted by atomic mass is 10.1. The van der Waals surface area contributed by atoms with Crippen molar-refractivity contribution in [1.29, 1.82) is 0 Å². The summed E-state index contributed by atoms with van der Waals surface area (Å²) < 4.78 is 1.85. The van der Waals surface area contributed by atoms with E-state index in [1.54, 1.807) is 0 Å². The Bertz CT molecular complexity index is 351. The van der Waals surface area contributed by atoms with Crippen LogP contribution in [0.1, 0.15) is 17.3 Å². The van der Waals surface area contributed by atoms with Gasteiger partial charge in [-0.05, 0) is 6.92 Å². The fraction of sp³-hybridized carbons (Fsp3) is 0.500. The zero-order chi connectivity index (χ0) is 9.42. The largest absolute Gasteiger partial charge is 0.370 e. The minimum absolute atomic E-state index is 0.202. The molecule has 1 aliphatic heterocycles. The highest BCUT2D eigenvalue weighted by Crippen LogP contribution is 2.19. The van der Waals surface area contributed by atoms with Crippen molar-refractivity contribution < 1.29 is 0 Å². The number of guanidine groups is 1. The molecule has 0 radical (unpaired) electrons. The average molecular weight is 179 g/mol. The molecule has 2 heterocycles. The molecule has 0 amide bonds. The van der Waals surface area contributed by atoms with Crippen LogP contribution in [0.5, 0.6) is 0 Å². The predicted molar refractivity (Wildman–Crippen MR) is 50.3 cm³/mol. The maximum Gasteiger partial charge on any atom is 0.189 e. The van der Waals surface area contributed by atoms with Crippen molar-refractivity contribution >= 4 is 5.96 Å². The maximum atomic E-state index is 5.53. The van der Waals surface area contributed by atoms with Crippen LogP contribution in [-0.4, -0.2) is 22.3 Å². The number of nitrogens with two attached hydrogens (primary N) is 1. The molecule has 0 bridgehead atoms. The molecule has 0 aliphatic carbocycles. The summed E-state index contributed by atoms with van der Waals surface area (Å²) in [5.41, 5.74) is 7.86. The molecule has 1 atom stereocenters. The SMILES string of the molecule is Cc1c(C2CN=C(N)N2)cnn1C. The Morgan fingerprint density at radius 1 is 1.69 bits per heavy atom. The summed E-state index contributed by atoms with van der Waals surface area (Å²) in [7, 11) is 1.93. The van der Waals surface area contributed by atoms with Crippen LogP contribution in [0.2, 0.25) is 0 Å². The number of aryl methyl sites for hydroxylation is 1. The van der Waals surface area contributed by atoms with E-state index in [1.807, 2.05) is 24.9 Å². The lowest BCUT2D eigenvalue weighted by Gasteiger charge is -2.09. The highest BCUT2D eigenvalue weighted by molar-refractivity contribution is 5.80. The summed E-state index contributed by atoms with van der Waals surface area (Å²) in [5.74, 6) is 0.522. The second-order valence-corrected chi connectivity index (χ2v) is 3.23. The van der Waals surface area contributed by atoms with Crippen molar-refractivity contribution in [2.24, 2.45) is 17.8 Å². The molecule has 0 saturated carbocycles. The van der Waals surface area contributed by atoms with E-state index in [0.717, 1.165) is 5.69 Å². The molecule has 1 aliphatic rings. The quantitative estimate of drug-likeness (QED) is 0.621. The lowest BCUT2D eigenvalue weighted by Crippen LogP contribution is -2.29. The lowest BCUT2D eigenvalue weighted by molar-refractivity contribution is 0.690. The predicted octanol–water partition coefficient (Wildman–Crippen LogP) is -0.312. The maximum absolute atomic E-state index is 5.53. The Labute approximate surface area is 76.6 Å². The molecule has 3 N–H and O–H groups in total. The van der Waals surface area contributed by atoms with E-state index in [4.69, 9.17) is 5.73 Å². The first-order chi connectivity index (χ1) is 6.18. The van der Waals surface area contributed by atoms with E-state index in [1.165, 1.54) is 5.56 Å². The smallest absolute Gasteiger partial charge is 0.189 e. The van der Waals surface area contributed by atoms with Crippen LogP contribution in [0, 0.1) is 6.92 Å². The van der Waals surface area contributed by atoms with Gasteiger partial charge >= 0.3 is 0 Å². The number of nitrogens with one attached hydrogen (secondary N) is 1. The highest BCUT2D eigenvalue weighted by atomic mass is 15.3. The molecule has 0 aromatic carbocycles. The summed E-state index contributed by atoms with van der Waals surface area (Å²) in [6, 6.07) is 0.202. The number of hydrogen-bond acceptors (Lipinski definition) is 4. The Morgan fingerprint density at radius 3 is 2.92 bits per heavy atom. The Hall–Kier alpha value is -1.52. The molecule has 1 aromatic heterocycles. The summed E-state index contributed by atoms with van der Waals surface area (Å²) in [4.78, 5) is 4.09. The van der Waals surface area contributed by atoms with Gasteiger partial charge in [-0.25, -0.2) is 0 Å². The molecule has 1 aromatic rings. The molecular formula is C8H13N5. The zero-order valence-corrected chi connectivity index (χ0v) is 7.78. The fourth-order valence-electron chi connectivity index (χ4n) is 1.49. The first-order valence-corrected chi connectivity index (χ1v) is 4.23. The van der Waals surface area contributed by atoms with Gasteiger partial charge in [0, 0.05) is 18.3 Å². The molecule has 70 valence electrons. The molecule has 5 heteroatoms. The van der Waals surface area contributed by atoms with Gasteiger partial charge in [0.2, 0.25) is 0 Å². The number of hydrogen-bond donors (Lipinski definition) is 2. The minimum Gasteiger partial charge on any atom is -0.370 e. The summed E-state index contributed by atoms with van der Waals surface area (Å²) >= 11 is 0. The standard InChI is InChI=1S/C8H13N5/c1-5-6(3-11-13(5)2)7-4-10-8(9)12-7/h3,7H,4H2,1-2H3,(H3,9,10,12). The van der Waals surface area contributed by atoms with Gasteiger partial charge in [-0.3, -0.25) is 9.67 Å². The van der Waals surface area contributed by atoms with E-state index < -0.39 is 0 Å². The number of aliphatic imine (C=N–C) groups is 1. The van der Waals surface area contributed by atoms with Crippen LogP contribution in [0.3, 0.4) is 0 Å². The van der Waals surface area contributed by atoms with Gasteiger partial charge < -0.3 is 11.1 Å². The molecular weight excluding hydrogens is 166 g/mol. The van der Waals surface area contributed by atoms with Crippen molar-refractivity contribution in [2.75, 3.05) is 6.54 Å². The topological polar surface area (TPSA) is 68.2 Å². The first-order valence-electron chi connectivity index (χ1n) is 4.23. The van der Waals surface area contributed by atoms with Crippen LogP contribution >= 0.6 is 0 Å². The summed E-state index contributed by atoms with van der Waals surface area (Å²) in [6.07, 6.45) is 1.86. The summed E-state index contributed by atoms with van der Waals surface area (Å²) in [6.45, 7) is 2.75. The number of aromatic nitrogens is 2. The van der Waals surface area contributed by atoms with Crippen LogP contribution in [0.4, 0.5) is 0 Å². The minimum atomic E-state index is 0.202. The third kappa shape index (κ3) is 1.26. The Balaban J connectivity index is 2.23. The number of nitrogens with zero attached hydrogens (tertiary/aromatic N) is 3. The first kappa shape index (κ1) is 8.10. The van der Waals surface area contributed by atoms with Gasteiger partial charge in [0.15, 0.2) is 5.96 Å². The normalized spacial score (nSPS) is 21.4. The van der Waals surface area contributed by atoms with Gasteiger partial charge in [0.05, 0.1) is 18.8 Å². The fourth-order valence-corrected chi connectivity index (χ4v) is 1.49. The molecule has 0 saturated heterocycles. The van der Waals surface area contributed by atoms with Crippen molar-refractivity contribution in [2.45, 2.75) is 13.0 Å². The van der Waals surface area contributed by atoms with E-state index in [0.29, 0.717) is 12.5 Å². The van der Waals surface area contributed by atoms with E-state index >= 15 is 0 Å². The van der Waals surface area contributed by atoms with Crippen LogP contribution < -0.4 is 11.1 Å². The van der Waals surface area contributed by atoms with Crippen LogP contribution in [-0.2, 0) is 7.05 Å². The van der Waals surface area contributed by atoms with Crippen LogP contribution in [0.15, 0.2) is 11.2 Å². The van der Waals surface area contributed by atoms with E-state index in [-0.39, 0.29) is 6.04 Å². The van der Waals surface area contributed by atoms with Crippen LogP contribution in [0.25, 0.3) is 0 Å². The van der Waals surface area contributed by atoms with Gasteiger partial charge in [0.25, 0.3) is 0 Å². The summed E-state index contributed by atoms with van der Waals surface area (Å²) in [5, 5.41) is 7.27. The molecule has 5 nitrogen and oxygen atoms in total. The van der Waals surface area contributed by atoms with Gasteiger partial charge in [0.1, 0.15) is 0 Å². The highest BCUT2D eigenvalue weighted by Gasteiger charge is 2.20. The average Bonchev–Trinajstić information content (AvgIpc) is 2.62. The second kappa shape index (κ2) is 2.76. The van der Waals surface area contributed by atoms with Gasteiger partial charge in [-0.2, -0.15) is 5.10 Å². The third-order valence-electron chi connectivity index (χ3n) is 2.41. The monoisotopic (exact) mass is 179 g/mol. The zero-order valence-electron chi connectivity index (χ0n) is 7.78. The molecule has 13 heavy (non-hydrogen) atoms. The Kier molecular flexibility index (Phi) is 1.72.